The third-order valence-corrected chi connectivity index (χ3v) is 3.07. The molecule has 18 heavy (non-hydrogen) atoms. The Morgan fingerprint density at radius 2 is 2.00 bits per heavy atom. The van der Waals surface area contributed by atoms with Crippen LogP contribution in [-0.2, 0) is 12.6 Å². The number of fused-ring (bicyclic) bond motifs is 1. The maximum Gasteiger partial charge on any atom is 0.417 e. The number of nitrogens with one attached hydrogen (secondary N) is 1. The molecule has 0 aliphatic carbocycles. The summed E-state index contributed by atoms with van der Waals surface area (Å²) in [6.07, 6.45) is -3.05. The van der Waals surface area contributed by atoms with Crippen LogP contribution < -0.4 is 5.73 Å². The van der Waals surface area contributed by atoms with Gasteiger partial charge in [-0.15, -0.1) is 0 Å². The topological polar surface area (TPSA) is 41.8 Å². The highest BCUT2D eigenvalue weighted by Gasteiger charge is 2.33. The number of hydrogen-bond donors (Lipinski definition) is 2. The van der Waals surface area contributed by atoms with E-state index in [1.165, 1.54) is 12.1 Å². The third-order valence-electron chi connectivity index (χ3n) is 2.75. The van der Waals surface area contributed by atoms with Gasteiger partial charge >= 0.3 is 6.18 Å². The Hall–Kier alpha value is -1.20. The molecular weight excluding hydrogens is 265 g/mol. The van der Waals surface area contributed by atoms with Gasteiger partial charge in [0.1, 0.15) is 0 Å². The second kappa shape index (κ2) is 4.82. The number of nitrogens with two attached hydrogens (primary N) is 1. The Morgan fingerprint density at radius 1 is 1.28 bits per heavy atom. The van der Waals surface area contributed by atoms with E-state index in [9.17, 15) is 13.2 Å². The number of alkyl halides is 3. The average Bonchev–Trinajstić information content (AvgIpc) is 2.69. The van der Waals surface area contributed by atoms with Crippen molar-refractivity contribution in [3.63, 3.8) is 0 Å². The van der Waals surface area contributed by atoms with E-state index < -0.39 is 11.7 Å². The minimum Gasteiger partial charge on any atom is -0.357 e. The van der Waals surface area contributed by atoms with Gasteiger partial charge in [0.05, 0.1) is 16.1 Å². The van der Waals surface area contributed by atoms with E-state index in [4.69, 9.17) is 17.3 Å². The van der Waals surface area contributed by atoms with Gasteiger partial charge < -0.3 is 10.7 Å². The summed E-state index contributed by atoms with van der Waals surface area (Å²) in [7, 11) is 0. The minimum absolute atomic E-state index is 0.113. The van der Waals surface area contributed by atoms with Crippen molar-refractivity contribution in [1.29, 1.82) is 0 Å². The molecule has 0 bridgehead atoms. The highest BCUT2D eigenvalue weighted by Crippen LogP contribution is 2.37. The molecule has 0 aliphatic heterocycles. The van der Waals surface area contributed by atoms with Crippen molar-refractivity contribution in [2.45, 2.75) is 19.0 Å². The fourth-order valence-electron chi connectivity index (χ4n) is 1.92. The molecule has 1 heterocycles. The van der Waals surface area contributed by atoms with Crippen molar-refractivity contribution in [2.75, 3.05) is 6.54 Å². The van der Waals surface area contributed by atoms with Gasteiger partial charge in [-0.05, 0) is 37.6 Å². The molecular formula is C12H12ClF3N2. The monoisotopic (exact) mass is 276 g/mol. The Labute approximate surface area is 107 Å². The summed E-state index contributed by atoms with van der Waals surface area (Å²) in [5, 5.41) is 0.402. The number of halogens is 4. The average molecular weight is 277 g/mol. The van der Waals surface area contributed by atoms with Crippen LogP contribution in [0.1, 0.15) is 17.7 Å². The van der Waals surface area contributed by atoms with Crippen LogP contribution in [0.4, 0.5) is 13.2 Å². The quantitative estimate of drug-likeness (QED) is 0.881. The van der Waals surface area contributed by atoms with Crippen LogP contribution in [0.2, 0.25) is 5.02 Å². The molecule has 0 saturated carbocycles. The number of aromatic amines is 1. The predicted molar refractivity (Wildman–Crippen MR) is 65.7 cm³/mol. The van der Waals surface area contributed by atoms with Crippen LogP contribution in [0.15, 0.2) is 18.2 Å². The van der Waals surface area contributed by atoms with E-state index in [0.717, 1.165) is 6.07 Å². The van der Waals surface area contributed by atoms with Crippen molar-refractivity contribution >= 4 is 22.5 Å². The maximum atomic E-state index is 12.8. The third kappa shape index (κ3) is 2.47. The van der Waals surface area contributed by atoms with E-state index in [1.54, 1.807) is 0 Å². The summed E-state index contributed by atoms with van der Waals surface area (Å²) in [4.78, 5) is 2.92. The summed E-state index contributed by atoms with van der Waals surface area (Å²) in [6.45, 7) is 0.495. The fourth-order valence-corrected chi connectivity index (χ4v) is 2.13. The molecule has 2 rings (SSSR count). The standard InChI is InChI=1S/C12H12ClF3N2/c13-10-4-3-9(12(14,15)16)8-6-7(2-1-5-17)18-11(8)10/h3-4,6,18H,1-2,5,17H2. The summed E-state index contributed by atoms with van der Waals surface area (Å²) in [5.74, 6) is 0. The first-order valence-electron chi connectivity index (χ1n) is 5.51. The smallest absolute Gasteiger partial charge is 0.357 e. The first-order chi connectivity index (χ1) is 8.43. The van der Waals surface area contributed by atoms with Crippen molar-refractivity contribution < 1.29 is 13.2 Å². The Bertz CT molecular complexity index is 560. The molecule has 0 radical (unpaired) electrons. The van der Waals surface area contributed by atoms with Gasteiger partial charge in [-0.1, -0.05) is 11.6 Å². The molecule has 2 nitrogen and oxygen atoms in total. The van der Waals surface area contributed by atoms with E-state index >= 15 is 0 Å². The molecule has 3 N–H and O–H groups in total. The molecule has 0 amide bonds. The lowest BCUT2D eigenvalue weighted by atomic mass is 10.1. The van der Waals surface area contributed by atoms with Crippen molar-refractivity contribution in [3.8, 4) is 0 Å². The lowest BCUT2D eigenvalue weighted by Crippen LogP contribution is -2.05. The Balaban J connectivity index is 2.55. The van der Waals surface area contributed by atoms with Crippen molar-refractivity contribution in [2.24, 2.45) is 5.73 Å². The number of hydrogen-bond acceptors (Lipinski definition) is 1. The highest BCUT2D eigenvalue weighted by atomic mass is 35.5. The van der Waals surface area contributed by atoms with Gasteiger partial charge in [0.25, 0.3) is 0 Å². The van der Waals surface area contributed by atoms with Crippen molar-refractivity contribution in [3.05, 3.63) is 34.5 Å². The second-order valence-corrected chi connectivity index (χ2v) is 4.48. The van der Waals surface area contributed by atoms with E-state index in [2.05, 4.69) is 4.98 Å². The largest absolute Gasteiger partial charge is 0.417 e. The summed E-state index contributed by atoms with van der Waals surface area (Å²) in [6, 6.07) is 3.76. The van der Waals surface area contributed by atoms with Crippen LogP contribution in [0.25, 0.3) is 10.9 Å². The molecule has 2 aromatic rings. The molecule has 98 valence electrons. The lowest BCUT2D eigenvalue weighted by molar-refractivity contribution is -0.136. The van der Waals surface area contributed by atoms with Gasteiger partial charge in [0.2, 0.25) is 0 Å². The highest BCUT2D eigenvalue weighted by molar-refractivity contribution is 6.35. The van der Waals surface area contributed by atoms with E-state index in [-0.39, 0.29) is 10.4 Å². The van der Waals surface area contributed by atoms with Gasteiger partial charge in [-0.3, -0.25) is 0 Å². The molecule has 0 fully saturated rings. The maximum absolute atomic E-state index is 12.8. The predicted octanol–water partition coefficient (Wildman–Crippen LogP) is 3.73. The summed E-state index contributed by atoms with van der Waals surface area (Å²) < 4.78 is 38.5. The first-order valence-corrected chi connectivity index (χ1v) is 5.88. The molecule has 0 aliphatic rings. The molecule has 0 atom stereocenters. The van der Waals surface area contributed by atoms with E-state index in [0.29, 0.717) is 30.6 Å². The van der Waals surface area contributed by atoms with Crippen LogP contribution in [0.3, 0.4) is 0 Å². The lowest BCUT2D eigenvalue weighted by Gasteiger charge is -2.08. The zero-order valence-electron chi connectivity index (χ0n) is 9.44. The molecule has 0 saturated heterocycles. The number of aromatic nitrogens is 1. The van der Waals surface area contributed by atoms with Gasteiger partial charge in [0, 0.05) is 11.1 Å². The normalized spacial score (nSPS) is 12.3. The van der Waals surface area contributed by atoms with Crippen LogP contribution in [0, 0.1) is 0 Å². The van der Waals surface area contributed by atoms with Gasteiger partial charge in [-0.25, -0.2) is 0 Å². The molecule has 6 heteroatoms. The molecule has 1 aromatic heterocycles. The van der Waals surface area contributed by atoms with Crippen molar-refractivity contribution in [1.82, 2.24) is 4.98 Å². The van der Waals surface area contributed by atoms with Crippen LogP contribution >= 0.6 is 11.6 Å². The summed E-state index contributed by atoms with van der Waals surface area (Å²) in [5.41, 5.74) is 5.76. The van der Waals surface area contributed by atoms with E-state index in [1.807, 2.05) is 0 Å². The first kappa shape index (κ1) is 13.2. The fraction of sp³-hybridized carbons (Fsp3) is 0.333. The zero-order chi connectivity index (χ0) is 13.3. The number of aryl methyl sites for hydroxylation is 1. The Morgan fingerprint density at radius 3 is 2.61 bits per heavy atom. The SMILES string of the molecule is NCCCc1cc2c(C(F)(F)F)ccc(Cl)c2[nH]1. The number of benzene rings is 1. The molecule has 1 aromatic carbocycles. The Kier molecular flexibility index (Phi) is 3.54. The van der Waals surface area contributed by atoms with Crippen LogP contribution in [-0.4, -0.2) is 11.5 Å². The second-order valence-electron chi connectivity index (χ2n) is 4.07. The summed E-state index contributed by atoms with van der Waals surface area (Å²) >= 11 is 5.90. The van der Waals surface area contributed by atoms with Gasteiger partial charge in [-0.2, -0.15) is 13.2 Å². The zero-order valence-corrected chi connectivity index (χ0v) is 10.2. The number of rotatable bonds is 3. The number of H-pyrrole nitrogens is 1. The minimum atomic E-state index is -4.38. The van der Waals surface area contributed by atoms with Gasteiger partial charge in [0.15, 0.2) is 0 Å². The van der Waals surface area contributed by atoms with Crippen LogP contribution in [0.5, 0.6) is 0 Å². The molecule has 0 spiro atoms. The molecule has 0 unspecified atom stereocenters.